The van der Waals surface area contributed by atoms with Gasteiger partial charge < -0.3 is 10.7 Å². The fourth-order valence-electron chi connectivity index (χ4n) is 2.25. The van der Waals surface area contributed by atoms with Gasteiger partial charge in [-0.15, -0.1) is 0 Å². The van der Waals surface area contributed by atoms with E-state index in [0.717, 1.165) is 6.54 Å². The van der Waals surface area contributed by atoms with Gasteiger partial charge in [-0.2, -0.15) is 0 Å². The molecular weight excluding hydrogens is 216 g/mol. The van der Waals surface area contributed by atoms with Gasteiger partial charge in [0.25, 0.3) is 5.91 Å². The van der Waals surface area contributed by atoms with Crippen molar-refractivity contribution >= 4 is 11.6 Å². The molecule has 1 heterocycles. The Bertz CT molecular complexity index is 388. The third kappa shape index (κ3) is 2.94. The number of carbonyl (C=O) groups excluding carboxylic acids is 1. The Balaban J connectivity index is 1.94. The molecule has 0 aromatic carbocycles. The van der Waals surface area contributed by atoms with Crippen LogP contribution in [0.1, 0.15) is 36.0 Å². The van der Waals surface area contributed by atoms with E-state index in [-0.39, 0.29) is 5.91 Å². The second kappa shape index (κ2) is 5.63. The number of nitrogens with two attached hydrogens (primary N) is 1. The van der Waals surface area contributed by atoms with Crippen molar-refractivity contribution in [1.29, 1.82) is 0 Å². The molecule has 1 amide bonds. The van der Waals surface area contributed by atoms with E-state index >= 15 is 0 Å². The fraction of sp³-hybridized carbons (Fsp3) is 0.500. The number of aromatic nitrogens is 1. The molecular formula is C12H18N4O. The number of anilines is 1. The van der Waals surface area contributed by atoms with Crippen molar-refractivity contribution in [2.75, 3.05) is 12.0 Å². The Labute approximate surface area is 101 Å². The number of hydrazine groups is 1. The second-order valence-corrected chi connectivity index (χ2v) is 4.43. The smallest absolute Gasteiger partial charge is 0.255 e. The summed E-state index contributed by atoms with van der Waals surface area (Å²) in [7, 11) is 0. The molecule has 1 aromatic heterocycles. The molecule has 1 aromatic rings. The summed E-state index contributed by atoms with van der Waals surface area (Å²) in [6.07, 6.45) is 8.12. The van der Waals surface area contributed by atoms with Crippen molar-refractivity contribution < 1.29 is 4.79 Å². The highest BCUT2D eigenvalue weighted by Crippen LogP contribution is 2.23. The molecule has 4 N–H and O–H groups in total. The Morgan fingerprint density at radius 1 is 1.47 bits per heavy atom. The maximum Gasteiger partial charge on any atom is 0.255 e. The van der Waals surface area contributed by atoms with E-state index in [2.05, 4.69) is 15.7 Å². The van der Waals surface area contributed by atoms with Crippen LogP contribution >= 0.6 is 0 Å². The van der Waals surface area contributed by atoms with Crippen molar-refractivity contribution in [2.45, 2.75) is 25.7 Å². The number of hydrogen-bond donors (Lipinski definition) is 3. The lowest BCUT2D eigenvalue weighted by atomic mass is 10.1. The zero-order valence-corrected chi connectivity index (χ0v) is 9.78. The van der Waals surface area contributed by atoms with Crippen molar-refractivity contribution in [3.63, 3.8) is 0 Å². The maximum absolute atomic E-state index is 11.9. The minimum atomic E-state index is -0.113. The number of nitrogens with one attached hydrogen (secondary N) is 2. The molecule has 2 rings (SSSR count). The van der Waals surface area contributed by atoms with Gasteiger partial charge in [0.15, 0.2) is 0 Å². The summed E-state index contributed by atoms with van der Waals surface area (Å²) >= 11 is 0. The van der Waals surface area contributed by atoms with Crippen LogP contribution in [0.15, 0.2) is 18.5 Å². The molecule has 0 bridgehead atoms. The molecule has 1 aliphatic carbocycles. The fourth-order valence-corrected chi connectivity index (χ4v) is 2.25. The van der Waals surface area contributed by atoms with Gasteiger partial charge in [-0.3, -0.25) is 15.6 Å². The molecule has 0 atom stereocenters. The summed E-state index contributed by atoms with van der Waals surface area (Å²) < 4.78 is 0. The van der Waals surface area contributed by atoms with Gasteiger partial charge in [-0.1, -0.05) is 12.8 Å². The minimum absolute atomic E-state index is 0.113. The summed E-state index contributed by atoms with van der Waals surface area (Å²) in [5.74, 6) is 5.87. The summed E-state index contributed by atoms with van der Waals surface area (Å²) in [5, 5.41) is 2.94. The van der Waals surface area contributed by atoms with Crippen molar-refractivity contribution in [3.05, 3.63) is 24.0 Å². The van der Waals surface area contributed by atoms with E-state index < -0.39 is 0 Å². The monoisotopic (exact) mass is 234 g/mol. The van der Waals surface area contributed by atoms with E-state index in [1.54, 1.807) is 12.3 Å². The molecule has 0 unspecified atom stereocenters. The third-order valence-electron chi connectivity index (χ3n) is 3.25. The number of rotatable bonds is 4. The standard InChI is InChI=1S/C12H18N4O/c13-16-11-5-6-14-8-10(11)12(17)15-7-9-3-1-2-4-9/h5-6,8-9H,1-4,7,13H2,(H,14,16)(H,15,17). The van der Waals surface area contributed by atoms with Crippen LogP contribution in [0.5, 0.6) is 0 Å². The first-order valence-corrected chi connectivity index (χ1v) is 6.00. The van der Waals surface area contributed by atoms with Crippen molar-refractivity contribution in [3.8, 4) is 0 Å². The van der Waals surface area contributed by atoms with E-state index in [9.17, 15) is 4.79 Å². The summed E-state index contributed by atoms with van der Waals surface area (Å²) in [6, 6.07) is 1.69. The molecule has 1 aliphatic rings. The topological polar surface area (TPSA) is 80.0 Å². The first-order valence-electron chi connectivity index (χ1n) is 6.00. The highest BCUT2D eigenvalue weighted by molar-refractivity contribution is 5.99. The van der Waals surface area contributed by atoms with Crippen LogP contribution in [-0.4, -0.2) is 17.4 Å². The molecule has 0 saturated heterocycles. The van der Waals surface area contributed by atoms with Crippen LogP contribution in [0.2, 0.25) is 0 Å². The Morgan fingerprint density at radius 2 is 2.24 bits per heavy atom. The van der Waals surface area contributed by atoms with Crippen molar-refractivity contribution in [2.24, 2.45) is 11.8 Å². The summed E-state index contributed by atoms with van der Waals surface area (Å²) in [4.78, 5) is 15.9. The van der Waals surface area contributed by atoms with Crippen LogP contribution in [0, 0.1) is 5.92 Å². The maximum atomic E-state index is 11.9. The highest BCUT2D eigenvalue weighted by atomic mass is 16.1. The van der Waals surface area contributed by atoms with E-state index in [1.807, 2.05) is 0 Å². The Hall–Kier alpha value is -1.62. The Kier molecular flexibility index (Phi) is 3.93. The van der Waals surface area contributed by atoms with Crippen molar-refractivity contribution in [1.82, 2.24) is 10.3 Å². The molecule has 1 saturated carbocycles. The largest absolute Gasteiger partial charge is 0.352 e. The van der Waals surface area contributed by atoms with Crippen LogP contribution < -0.4 is 16.6 Å². The average molecular weight is 234 g/mol. The lowest BCUT2D eigenvalue weighted by Crippen LogP contribution is -2.29. The number of pyridine rings is 1. The number of hydrogen-bond acceptors (Lipinski definition) is 4. The van der Waals surface area contributed by atoms with Gasteiger partial charge in [0.1, 0.15) is 0 Å². The van der Waals surface area contributed by atoms with Crippen LogP contribution in [0.3, 0.4) is 0 Å². The lowest BCUT2D eigenvalue weighted by Gasteiger charge is -2.12. The average Bonchev–Trinajstić information content (AvgIpc) is 2.89. The quantitative estimate of drug-likeness (QED) is 0.541. The predicted molar refractivity (Wildman–Crippen MR) is 66.3 cm³/mol. The lowest BCUT2D eigenvalue weighted by molar-refractivity contribution is 0.0948. The number of amides is 1. The normalized spacial score (nSPS) is 15.8. The first kappa shape index (κ1) is 11.9. The zero-order valence-electron chi connectivity index (χ0n) is 9.78. The van der Waals surface area contributed by atoms with Crippen LogP contribution in [0.4, 0.5) is 5.69 Å². The van der Waals surface area contributed by atoms with E-state index in [4.69, 9.17) is 5.84 Å². The predicted octanol–water partition coefficient (Wildman–Crippen LogP) is 1.29. The number of nitrogens with zero attached hydrogens (tertiary/aromatic N) is 1. The molecule has 92 valence electrons. The van der Waals surface area contributed by atoms with Gasteiger partial charge in [0, 0.05) is 18.9 Å². The molecule has 0 aliphatic heterocycles. The van der Waals surface area contributed by atoms with Gasteiger partial charge in [-0.25, -0.2) is 0 Å². The van der Waals surface area contributed by atoms with Gasteiger partial charge in [0.05, 0.1) is 11.3 Å². The number of carbonyl (C=O) groups is 1. The second-order valence-electron chi connectivity index (χ2n) is 4.43. The SMILES string of the molecule is NNc1ccncc1C(=O)NCC1CCCC1. The Morgan fingerprint density at radius 3 is 2.94 bits per heavy atom. The first-order chi connectivity index (χ1) is 8.31. The van der Waals surface area contributed by atoms with Crippen LogP contribution in [0.25, 0.3) is 0 Å². The third-order valence-corrected chi connectivity index (χ3v) is 3.25. The van der Waals surface area contributed by atoms with Crippen LogP contribution in [-0.2, 0) is 0 Å². The molecule has 0 spiro atoms. The van der Waals surface area contributed by atoms with E-state index in [1.165, 1.54) is 31.9 Å². The van der Waals surface area contributed by atoms with Gasteiger partial charge in [0.2, 0.25) is 0 Å². The molecule has 5 heteroatoms. The highest BCUT2D eigenvalue weighted by Gasteiger charge is 2.17. The molecule has 0 radical (unpaired) electrons. The molecule has 5 nitrogen and oxygen atoms in total. The zero-order chi connectivity index (χ0) is 12.1. The molecule has 1 fully saturated rings. The minimum Gasteiger partial charge on any atom is -0.352 e. The molecule has 17 heavy (non-hydrogen) atoms. The van der Waals surface area contributed by atoms with E-state index in [0.29, 0.717) is 17.2 Å². The summed E-state index contributed by atoms with van der Waals surface area (Å²) in [6.45, 7) is 0.748. The van der Waals surface area contributed by atoms with Gasteiger partial charge in [-0.05, 0) is 24.8 Å². The number of nitrogen functional groups attached to an aromatic ring is 1. The van der Waals surface area contributed by atoms with Gasteiger partial charge >= 0.3 is 0 Å². The summed E-state index contributed by atoms with van der Waals surface area (Å²) in [5.41, 5.74) is 3.60.